The minimum atomic E-state index is -3.22. The first-order valence-corrected chi connectivity index (χ1v) is 6.33. The fraction of sp³-hybridized carbons (Fsp3) is 0.231. The van der Waals surface area contributed by atoms with Gasteiger partial charge in [0.05, 0.1) is 0 Å². The fourth-order valence-corrected chi connectivity index (χ4v) is 3.11. The molecule has 0 amide bonds. The van der Waals surface area contributed by atoms with Crippen molar-refractivity contribution in [2.75, 3.05) is 0 Å². The van der Waals surface area contributed by atoms with Crippen molar-refractivity contribution in [3.8, 4) is 16.2 Å². The summed E-state index contributed by atoms with van der Waals surface area (Å²) >= 11 is 1.41. The molecular formula is C13H10F2O2S. The fourth-order valence-electron chi connectivity index (χ4n) is 2.34. The number of alkyl halides is 2. The Bertz CT molecular complexity index is 593. The van der Waals surface area contributed by atoms with Crippen LogP contribution in [0.15, 0.2) is 29.6 Å². The Labute approximate surface area is 106 Å². The number of phenols is 1. The topological polar surface area (TPSA) is 40.5 Å². The van der Waals surface area contributed by atoms with Gasteiger partial charge in [-0.3, -0.25) is 0 Å². The number of aliphatic hydroxyl groups excluding tert-OH is 1. The Morgan fingerprint density at radius 3 is 2.72 bits per heavy atom. The average Bonchev–Trinajstić information content (AvgIpc) is 2.90. The molecule has 1 aliphatic rings. The van der Waals surface area contributed by atoms with Gasteiger partial charge in [0, 0.05) is 22.4 Å². The Balaban J connectivity index is 2.25. The summed E-state index contributed by atoms with van der Waals surface area (Å²) in [6.07, 6.45) is -2.47. The molecule has 2 nitrogen and oxygen atoms in total. The normalized spacial score (nSPS) is 20.9. The van der Waals surface area contributed by atoms with Crippen molar-refractivity contribution in [2.24, 2.45) is 0 Å². The number of hydrogen-bond donors (Lipinski definition) is 2. The van der Waals surface area contributed by atoms with E-state index < -0.39 is 18.4 Å². The van der Waals surface area contributed by atoms with Crippen LogP contribution < -0.4 is 0 Å². The monoisotopic (exact) mass is 268 g/mol. The summed E-state index contributed by atoms with van der Waals surface area (Å²) < 4.78 is 27.1. The molecule has 2 aromatic rings. The lowest BCUT2D eigenvalue weighted by atomic mass is 10.00. The molecule has 94 valence electrons. The second kappa shape index (κ2) is 3.76. The lowest BCUT2D eigenvalue weighted by Gasteiger charge is -2.15. The summed E-state index contributed by atoms with van der Waals surface area (Å²) in [7, 11) is 0. The van der Waals surface area contributed by atoms with Gasteiger partial charge in [-0.1, -0.05) is 6.07 Å². The number of benzene rings is 1. The molecule has 18 heavy (non-hydrogen) atoms. The van der Waals surface area contributed by atoms with E-state index in [1.54, 1.807) is 12.1 Å². The Morgan fingerprint density at radius 2 is 2.06 bits per heavy atom. The summed E-state index contributed by atoms with van der Waals surface area (Å²) in [5.74, 6) is -3.39. The third kappa shape index (κ3) is 1.54. The third-order valence-corrected chi connectivity index (χ3v) is 4.11. The van der Waals surface area contributed by atoms with E-state index in [0.29, 0.717) is 5.56 Å². The molecule has 0 fully saturated rings. The number of hydrogen-bond acceptors (Lipinski definition) is 3. The van der Waals surface area contributed by atoms with Crippen LogP contribution in [0.5, 0.6) is 5.75 Å². The van der Waals surface area contributed by atoms with Crippen LogP contribution in [0.3, 0.4) is 0 Å². The van der Waals surface area contributed by atoms with Crippen LogP contribution >= 0.6 is 11.3 Å². The van der Waals surface area contributed by atoms with Gasteiger partial charge in [0.25, 0.3) is 5.92 Å². The molecule has 2 N–H and O–H groups in total. The second-order valence-corrected chi connectivity index (χ2v) is 5.29. The van der Waals surface area contributed by atoms with Crippen molar-refractivity contribution >= 4 is 11.3 Å². The Hall–Kier alpha value is -1.46. The molecule has 0 saturated carbocycles. The summed E-state index contributed by atoms with van der Waals surface area (Å²) in [4.78, 5) is 0.808. The molecular weight excluding hydrogens is 258 g/mol. The predicted octanol–water partition coefficient (Wildman–Crippen LogP) is 3.35. The van der Waals surface area contributed by atoms with E-state index in [4.69, 9.17) is 0 Å². The number of rotatable bonds is 1. The first kappa shape index (κ1) is 11.6. The van der Waals surface area contributed by atoms with Crippen LogP contribution in [-0.2, 0) is 6.42 Å². The van der Waals surface area contributed by atoms with E-state index in [2.05, 4.69) is 0 Å². The molecule has 0 saturated heterocycles. The molecule has 1 atom stereocenters. The largest absolute Gasteiger partial charge is 0.508 e. The zero-order valence-corrected chi connectivity index (χ0v) is 10.0. The lowest BCUT2D eigenvalue weighted by molar-refractivity contribution is -0.0967. The van der Waals surface area contributed by atoms with Gasteiger partial charge in [0.2, 0.25) is 0 Å². The van der Waals surface area contributed by atoms with Gasteiger partial charge >= 0.3 is 0 Å². The Kier molecular flexibility index (Phi) is 2.43. The molecule has 1 heterocycles. The third-order valence-electron chi connectivity index (χ3n) is 3.20. The number of thiophene rings is 1. The van der Waals surface area contributed by atoms with E-state index in [-0.39, 0.29) is 16.9 Å². The molecule has 5 heteroatoms. The average molecular weight is 268 g/mol. The van der Waals surface area contributed by atoms with Gasteiger partial charge in [-0.15, -0.1) is 11.3 Å². The summed E-state index contributed by atoms with van der Waals surface area (Å²) in [6, 6.07) is 6.60. The number of fused-ring (bicyclic) bond motifs is 1. The highest BCUT2D eigenvalue weighted by molar-refractivity contribution is 7.13. The number of aromatic hydroxyl groups is 1. The highest BCUT2D eigenvalue weighted by atomic mass is 32.1. The van der Waals surface area contributed by atoms with E-state index in [9.17, 15) is 19.0 Å². The molecule has 1 aromatic carbocycles. The first-order chi connectivity index (χ1) is 8.50. The van der Waals surface area contributed by atoms with Gasteiger partial charge in [-0.25, -0.2) is 8.78 Å². The Morgan fingerprint density at radius 1 is 1.28 bits per heavy atom. The molecule has 1 aliphatic carbocycles. The van der Waals surface area contributed by atoms with Gasteiger partial charge in [0.1, 0.15) is 11.9 Å². The molecule has 1 aromatic heterocycles. The quantitative estimate of drug-likeness (QED) is 0.832. The van der Waals surface area contributed by atoms with E-state index in [1.165, 1.54) is 17.4 Å². The zero-order valence-electron chi connectivity index (χ0n) is 9.23. The maximum atomic E-state index is 13.6. The first-order valence-electron chi connectivity index (χ1n) is 5.45. The van der Waals surface area contributed by atoms with Crippen LogP contribution in [-0.4, -0.2) is 16.1 Å². The van der Waals surface area contributed by atoms with Crippen LogP contribution in [0.4, 0.5) is 8.78 Å². The standard InChI is InChI=1S/C13H10F2O2S/c14-13(15)6-8-9(16)4-3-7(11(8)12(13)17)10-2-1-5-18-10/h1-5,12,16-17H,6H2. The maximum Gasteiger partial charge on any atom is 0.281 e. The maximum absolute atomic E-state index is 13.6. The highest BCUT2D eigenvalue weighted by Crippen LogP contribution is 2.50. The smallest absolute Gasteiger partial charge is 0.281 e. The number of halogens is 2. The van der Waals surface area contributed by atoms with Gasteiger partial charge in [-0.2, -0.15) is 0 Å². The number of aliphatic hydroxyl groups is 1. The number of phenolic OH excluding ortho intramolecular Hbond substituents is 1. The van der Waals surface area contributed by atoms with Crippen molar-refractivity contribution in [3.63, 3.8) is 0 Å². The van der Waals surface area contributed by atoms with Crippen LogP contribution in [0.1, 0.15) is 17.2 Å². The zero-order chi connectivity index (χ0) is 12.9. The predicted molar refractivity (Wildman–Crippen MR) is 65.0 cm³/mol. The molecule has 0 spiro atoms. The van der Waals surface area contributed by atoms with Crippen molar-refractivity contribution < 1.29 is 19.0 Å². The van der Waals surface area contributed by atoms with Crippen molar-refractivity contribution in [1.82, 2.24) is 0 Å². The second-order valence-electron chi connectivity index (χ2n) is 4.34. The van der Waals surface area contributed by atoms with Crippen molar-refractivity contribution in [3.05, 3.63) is 40.8 Å². The molecule has 0 aliphatic heterocycles. The summed E-state index contributed by atoms with van der Waals surface area (Å²) in [5.41, 5.74) is 0.878. The molecule has 0 bridgehead atoms. The SMILES string of the molecule is Oc1ccc(-c2cccs2)c2c1CC(F)(F)C2O. The lowest BCUT2D eigenvalue weighted by Crippen LogP contribution is -2.21. The van der Waals surface area contributed by atoms with E-state index >= 15 is 0 Å². The van der Waals surface area contributed by atoms with Gasteiger partial charge in [0.15, 0.2) is 0 Å². The van der Waals surface area contributed by atoms with Crippen molar-refractivity contribution in [2.45, 2.75) is 18.4 Å². The molecule has 3 rings (SSSR count). The molecule has 0 radical (unpaired) electrons. The van der Waals surface area contributed by atoms with Gasteiger partial charge in [-0.05, 0) is 29.1 Å². The van der Waals surface area contributed by atoms with Gasteiger partial charge < -0.3 is 10.2 Å². The van der Waals surface area contributed by atoms with Crippen LogP contribution in [0.25, 0.3) is 10.4 Å². The minimum Gasteiger partial charge on any atom is -0.508 e. The summed E-state index contributed by atoms with van der Waals surface area (Å²) in [6.45, 7) is 0. The van der Waals surface area contributed by atoms with Crippen LogP contribution in [0.2, 0.25) is 0 Å². The summed E-state index contributed by atoms with van der Waals surface area (Å²) in [5, 5.41) is 21.3. The van der Waals surface area contributed by atoms with E-state index in [0.717, 1.165) is 4.88 Å². The minimum absolute atomic E-state index is 0.151. The highest BCUT2D eigenvalue weighted by Gasteiger charge is 2.49. The van der Waals surface area contributed by atoms with Crippen molar-refractivity contribution in [1.29, 1.82) is 0 Å². The van der Waals surface area contributed by atoms with E-state index in [1.807, 2.05) is 11.4 Å². The van der Waals surface area contributed by atoms with Crippen LogP contribution in [0, 0.1) is 0 Å². The molecule has 1 unspecified atom stereocenters.